The van der Waals surface area contributed by atoms with Crippen LogP contribution in [-0.2, 0) is 9.47 Å². The SMILES string of the molecule is CC(C)(C)OC(=O)N1C[C@H]2CN(C3CCOCC3)C[C@@H]2C1. The maximum atomic E-state index is 12.1. The fourth-order valence-corrected chi connectivity index (χ4v) is 3.85. The number of likely N-dealkylation sites (tertiary alicyclic amines) is 2. The number of ether oxygens (including phenoxy) is 2. The zero-order chi connectivity index (χ0) is 15.0. The number of carbonyl (C=O) groups excluding carboxylic acids is 1. The second kappa shape index (κ2) is 5.76. The highest BCUT2D eigenvalue weighted by Gasteiger charge is 2.44. The number of nitrogens with zero attached hydrogens (tertiary/aromatic N) is 2. The molecule has 0 unspecified atom stereocenters. The summed E-state index contributed by atoms with van der Waals surface area (Å²) in [4.78, 5) is 16.7. The van der Waals surface area contributed by atoms with Crippen LogP contribution in [0.2, 0.25) is 0 Å². The van der Waals surface area contributed by atoms with E-state index in [2.05, 4.69) is 4.90 Å². The summed E-state index contributed by atoms with van der Waals surface area (Å²) in [6.07, 6.45) is 2.18. The molecule has 120 valence electrons. The molecule has 3 aliphatic heterocycles. The average molecular weight is 296 g/mol. The molecule has 3 rings (SSSR count). The Labute approximate surface area is 127 Å². The minimum absolute atomic E-state index is 0.144. The Balaban J connectivity index is 1.50. The summed E-state index contributed by atoms with van der Waals surface area (Å²) in [6.45, 7) is 11.6. The maximum Gasteiger partial charge on any atom is 0.410 e. The van der Waals surface area contributed by atoms with Crippen LogP contribution < -0.4 is 0 Å². The Morgan fingerprint density at radius 2 is 1.62 bits per heavy atom. The van der Waals surface area contributed by atoms with E-state index in [1.807, 2.05) is 25.7 Å². The van der Waals surface area contributed by atoms with Crippen molar-refractivity contribution in [2.75, 3.05) is 39.4 Å². The first kappa shape index (κ1) is 15.1. The van der Waals surface area contributed by atoms with Crippen molar-refractivity contribution in [2.24, 2.45) is 11.8 Å². The van der Waals surface area contributed by atoms with Crippen LogP contribution >= 0.6 is 0 Å². The number of rotatable bonds is 1. The Hall–Kier alpha value is -0.810. The quantitative estimate of drug-likeness (QED) is 0.742. The van der Waals surface area contributed by atoms with E-state index < -0.39 is 5.60 Å². The first-order valence-electron chi connectivity index (χ1n) is 8.22. The van der Waals surface area contributed by atoms with Gasteiger partial charge >= 0.3 is 6.09 Å². The predicted molar refractivity (Wildman–Crippen MR) is 80.2 cm³/mol. The van der Waals surface area contributed by atoms with Gasteiger partial charge in [0.15, 0.2) is 0 Å². The van der Waals surface area contributed by atoms with E-state index >= 15 is 0 Å². The van der Waals surface area contributed by atoms with Gasteiger partial charge in [-0.3, -0.25) is 4.90 Å². The van der Waals surface area contributed by atoms with Gasteiger partial charge in [0, 0.05) is 45.4 Å². The third kappa shape index (κ3) is 3.51. The maximum absolute atomic E-state index is 12.1. The molecule has 2 atom stereocenters. The minimum atomic E-state index is -0.400. The van der Waals surface area contributed by atoms with Crippen LogP contribution in [0.5, 0.6) is 0 Å². The summed E-state index contributed by atoms with van der Waals surface area (Å²) in [5, 5.41) is 0. The van der Waals surface area contributed by atoms with E-state index in [1.165, 1.54) is 0 Å². The molecule has 0 bridgehead atoms. The average Bonchev–Trinajstić information content (AvgIpc) is 2.95. The predicted octanol–water partition coefficient (Wildman–Crippen LogP) is 1.96. The van der Waals surface area contributed by atoms with Gasteiger partial charge in [0.1, 0.15) is 5.60 Å². The van der Waals surface area contributed by atoms with Gasteiger partial charge in [0.05, 0.1) is 0 Å². The Kier molecular flexibility index (Phi) is 4.14. The van der Waals surface area contributed by atoms with Gasteiger partial charge in [-0.25, -0.2) is 4.79 Å². The molecular weight excluding hydrogens is 268 g/mol. The van der Waals surface area contributed by atoms with Crippen LogP contribution in [0, 0.1) is 11.8 Å². The normalized spacial score (nSPS) is 31.5. The zero-order valence-electron chi connectivity index (χ0n) is 13.5. The van der Waals surface area contributed by atoms with Crippen LogP contribution in [0.4, 0.5) is 4.79 Å². The lowest BCUT2D eigenvalue weighted by atomic mass is 10.0. The Morgan fingerprint density at radius 1 is 1.05 bits per heavy atom. The van der Waals surface area contributed by atoms with Crippen molar-refractivity contribution in [1.29, 1.82) is 0 Å². The lowest BCUT2D eigenvalue weighted by Crippen LogP contribution is -2.41. The van der Waals surface area contributed by atoms with Crippen molar-refractivity contribution in [3.63, 3.8) is 0 Å². The molecule has 3 fully saturated rings. The fraction of sp³-hybridized carbons (Fsp3) is 0.938. The molecule has 0 N–H and O–H groups in total. The molecule has 0 aliphatic carbocycles. The molecule has 0 radical (unpaired) electrons. The molecule has 0 aromatic rings. The van der Waals surface area contributed by atoms with E-state index in [1.54, 1.807) is 0 Å². The van der Waals surface area contributed by atoms with E-state index in [0.29, 0.717) is 17.9 Å². The van der Waals surface area contributed by atoms with Crippen LogP contribution in [-0.4, -0.2) is 66.9 Å². The van der Waals surface area contributed by atoms with Gasteiger partial charge in [-0.15, -0.1) is 0 Å². The molecule has 1 amide bonds. The van der Waals surface area contributed by atoms with Gasteiger partial charge in [0.25, 0.3) is 0 Å². The molecule has 21 heavy (non-hydrogen) atoms. The second-order valence-electron chi connectivity index (χ2n) is 7.70. The monoisotopic (exact) mass is 296 g/mol. The van der Waals surface area contributed by atoms with Crippen LogP contribution in [0.1, 0.15) is 33.6 Å². The first-order chi connectivity index (χ1) is 9.92. The van der Waals surface area contributed by atoms with Crippen molar-refractivity contribution in [3.8, 4) is 0 Å². The Bertz CT molecular complexity index is 373. The van der Waals surface area contributed by atoms with Gasteiger partial charge in [-0.05, 0) is 45.4 Å². The first-order valence-corrected chi connectivity index (χ1v) is 8.22. The number of fused-ring (bicyclic) bond motifs is 1. The lowest BCUT2D eigenvalue weighted by molar-refractivity contribution is 0.0238. The minimum Gasteiger partial charge on any atom is -0.444 e. The molecule has 0 aromatic carbocycles. The van der Waals surface area contributed by atoms with E-state index in [-0.39, 0.29) is 6.09 Å². The molecule has 0 saturated carbocycles. The lowest BCUT2D eigenvalue weighted by Gasteiger charge is -2.32. The molecule has 3 saturated heterocycles. The van der Waals surface area contributed by atoms with E-state index in [9.17, 15) is 4.79 Å². The van der Waals surface area contributed by atoms with Crippen molar-refractivity contribution in [2.45, 2.75) is 45.3 Å². The molecular formula is C16H28N2O3. The van der Waals surface area contributed by atoms with Crippen molar-refractivity contribution >= 4 is 6.09 Å². The van der Waals surface area contributed by atoms with Gasteiger partial charge in [0.2, 0.25) is 0 Å². The standard InChI is InChI=1S/C16H28N2O3/c1-16(2,3)21-15(19)18-10-12-8-17(9-13(12)11-18)14-4-6-20-7-5-14/h12-14H,4-11H2,1-3H3/t12-,13-/m1/s1. The summed E-state index contributed by atoms with van der Waals surface area (Å²) in [5.41, 5.74) is -0.400. The van der Waals surface area contributed by atoms with Gasteiger partial charge in [-0.1, -0.05) is 0 Å². The van der Waals surface area contributed by atoms with Crippen LogP contribution in [0.15, 0.2) is 0 Å². The molecule has 3 aliphatic rings. The van der Waals surface area contributed by atoms with Gasteiger partial charge in [-0.2, -0.15) is 0 Å². The topological polar surface area (TPSA) is 42.0 Å². The van der Waals surface area contributed by atoms with E-state index in [4.69, 9.17) is 9.47 Å². The highest BCUT2D eigenvalue weighted by Crippen LogP contribution is 2.34. The van der Waals surface area contributed by atoms with Crippen molar-refractivity contribution in [3.05, 3.63) is 0 Å². The number of hydrogen-bond donors (Lipinski definition) is 0. The summed E-state index contributed by atoms with van der Waals surface area (Å²) in [5.74, 6) is 1.25. The second-order valence-corrected chi connectivity index (χ2v) is 7.70. The Morgan fingerprint density at radius 3 is 2.14 bits per heavy atom. The molecule has 0 aromatic heterocycles. The van der Waals surface area contributed by atoms with Gasteiger partial charge < -0.3 is 14.4 Å². The smallest absolute Gasteiger partial charge is 0.410 e. The molecule has 0 spiro atoms. The number of hydrogen-bond acceptors (Lipinski definition) is 4. The number of carbonyl (C=O) groups is 1. The van der Waals surface area contributed by atoms with E-state index in [0.717, 1.165) is 52.2 Å². The summed E-state index contributed by atoms with van der Waals surface area (Å²) < 4.78 is 10.9. The molecule has 3 heterocycles. The molecule has 5 nitrogen and oxygen atoms in total. The fourth-order valence-electron chi connectivity index (χ4n) is 3.85. The van der Waals surface area contributed by atoms with Crippen molar-refractivity contribution in [1.82, 2.24) is 9.80 Å². The summed E-state index contributed by atoms with van der Waals surface area (Å²) >= 11 is 0. The van der Waals surface area contributed by atoms with Crippen molar-refractivity contribution < 1.29 is 14.3 Å². The summed E-state index contributed by atoms with van der Waals surface area (Å²) in [6, 6.07) is 0.694. The van der Waals surface area contributed by atoms with Crippen LogP contribution in [0.3, 0.4) is 0 Å². The third-order valence-corrected chi connectivity index (χ3v) is 4.87. The van der Waals surface area contributed by atoms with Crippen LogP contribution in [0.25, 0.3) is 0 Å². The zero-order valence-corrected chi connectivity index (χ0v) is 13.5. The summed E-state index contributed by atoms with van der Waals surface area (Å²) in [7, 11) is 0. The highest BCUT2D eigenvalue weighted by molar-refractivity contribution is 5.68. The highest BCUT2D eigenvalue weighted by atomic mass is 16.6. The largest absolute Gasteiger partial charge is 0.444 e. The molecule has 5 heteroatoms. The number of amides is 1. The third-order valence-electron chi connectivity index (χ3n) is 4.87.